The van der Waals surface area contributed by atoms with Crippen molar-refractivity contribution in [3.8, 4) is 0 Å². The molecular formula is C7F9N. The smallest absolute Gasteiger partial charge is 0.240 e. The van der Waals surface area contributed by atoms with Crippen molar-refractivity contribution in [1.29, 1.82) is 0 Å². The van der Waals surface area contributed by atoms with Crippen molar-refractivity contribution in [1.82, 2.24) is 5.32 Å². The van der Waals surface area contributed by atoms with E-state index in [1.807, 2.05) is 5.32 Å². The molecule has 0 aromatic carbocycles. The Balaban J connectivity index is 3.38. The maximum absolute atomic E-state index is 12.1. The Labute approximate surface area is 87.6 Å². The minimum absolute atomic E-state index is 0.712. The van der Waals surface area contributed by atoms with Crippen LogP contribution in [0.25, 0.3) is 0 Å². The summed E-state index contributed by atoms with van der Waals surface area (Å²) in [4.78, 5) is 0. The van der Waals surface area contributed by atoms with Crippen LogP contribution in [0, 0.1) is 6.20 Å². The summed E-state index contributed by atoms with van der Waals surface area (Å²) in [7, 11) is 0. The molecule has 0 aromatic heterocycles. The second-order valence-corrected chi connectivity index (χ2v) is 2.82. The van der Waals surface area contributed by atoms with Crippen molar-refractivity contribution >= 4 is 0 Å². The van der Waals surface area contributed by atoms with E-state index in [0.717, 1.165) is 0 Å². The van der Waals surface area contributed by atoms with Gasteiger partial charge >= 0.3 is 18.5 Å². The van der Waals surface area contributed by atoms with Crippen LogP contribution in [-0.2, 0) is 0 Å². The molecule has 0 aliphatic carbocycles. The van der Waals surface area contributed by atoms with E-state index >= 15 is 0 Å². The number of hydrogen-bond acceptors (Lipinski definition) is 0. The molecule has 96 valence electrons. The van der Waals surface area contributed by atoms with E-state index in [-0.39, 0.29) is 0 Å². The van der Waals surface area contributed by atoms with E-state index < -0.39 is 35.4 Å². The zero-order valence-corrected chi connectivity index (χ0v) is 7.35. The Morgan fingerprint density at radius 3 is 1.47 bits per heavy atom. The molecule has 0 bridgehead atoms. The molecule has 1 rings (SSSR count). The first-order valence-corrected chi connectivity index (χ1v) is 3.65. The molecule has 0 atom stereocenters. The van der Waals surface area contributed by atoms with E-state index in [4.69, 9.17) is 0 Å². The zero-order chi connectivity index (χ0) is 13.6. The van der Waals surface area contributed by atoms with Crippen molar-refractivity contribution in [2.24, 2.45) is 0 Å². The van der Waals surface area contributed by atoms with Gasteiger partial charge in [-0.25, -0.2) is 5.32 Å². The number of alkyl halides is 9. The molecule has 2 radical (unpaired) electrons. The van der Waals surface area contributed by atoms with Gasteiger partial charge in [0.2, 0.25) is 0 Å². The number of hydrogen-bond donors (Lipinski definition) is 0. The maximum Gasteiger partial charge on any atom is 0.433 e. The summed E-state index contributed by atoms with van der Waals surface area (Å²) in [5.41, 5.74) is -8.08. The number of rotatable bonds is 0. The molecule has 1 aliphatic rings. The lowest BCUT2D eigenvalue weighted by atomic mass is 10.1. The second kappa shape index (κ2) is 3.57. The minimum Gasteiger partial charge on any atom is -0.240 e. The highest BCUT2D eigenvalue weighted by Gasteiger charge is 2.56. The van der Waals surface area contributed by atoms with Crippen LogP contribution in [0.15, 0.2) is 16.8 Å². The summed E-state index contributed by atoms with van der Waals surface area (Å²) in [6.45, 7) is 0. The highest BCUT2D eigenvalue weighted by molar-refractivity contribution is 5.45. The third-order valence-corrected chi connectivity index (χ3v) is 1.60. The summed E-state index contributed by atoms with van der Waals surface area (Å²) in [6, 6.07) is 0. The molecule has 0 amide bonds. The van der Waals surface area contributed by atoms with Crippen LogP contribution in [-0.4, -0.2) is 18.5 Å². The molecule has 1 nitrogen and oxygen atoms in total. The van der Waals surface area contributed by atoms with Gasteiger partial charge in [-0.1, -0.05) is 0 Å². The number of halogens is 9. The lowest BCUT2D eigenvalue weighted by molar-refractivity contribution is -0.127. The fourth-order valence-corrected chi connectivity index (χ4v) is 1.03. The van der Waals surface area contributed by atoms with Gasteiger partial charge in [0, 0.05) is 0 Å². The highest BCUT2D eigenvalue weighted by Crippen LogP contribution is 2.46. The zero-order valence-electron chi connectivity index (χ0n) is 7.35. The normalized spacial score (nSPS) is 18.3. The summed E-state index contributed by atoms with van der Waals surface area (Å²) >= 11 is 0. The standard InChI is InChI=1S/C7F9N/c8-5(9,10)2-1-17-4(7(14,15)16)3(2)6(11,12)13. The highest BCUT2D eigenvalue weighted by atomic mass is 19.4. The molecule has 0 fully saturated rings. The fourth-order valence-electron chi connectivity index (χ4n) is 1.03. The van der Waals surface area contributed by atoms with E-state index in [1.165, 1.54) is 0 Å². The van der Waals surface area contributed by atoms with Crippen LogP contribution < -0.4 is 5.32 Å². The first-order valence-electron chi connectivity index (χ1n) is 3.65. The monoisotopic (exact) mass is 269 g/mol. The van der Waals surface area contributed by atoms with E-state index in [2.05, 4.69) is 0 Å². The first kappa shape index (κ1) is 13.7. The van der Waals surface area contributed by atoms with Crippen LogP contribution in [0.1, 0.15) is 0 Å². The Bertz CT molecular complexity index is 378. The second-order valence-electron chi connectivity index (χ2n) is 2.82. The lowest BCUT2D eigenvalue weighted by Gasteiger charge is -2.16. The number of nitrogens with zero attached hydrogens (tertiary/aromatic N) is 1. The van der Waals surface area contributed by atoms with Gasteiger partial charge in [0.25, 0.3) is 0 Å². The van der Waals surface area contributed by atoms with Crippen LogP contribution in [0.4, 0.5) is 39.5 Å². The molecule has 17 heavy (non-hydrogen) atoms. The Hall–Kier alpha value is -1.35. The summed E-state index contributed by atoms with van der Waals surface area (Å²) in [5.74, 6) is 0. The van der Waals surface area contributed by atoms with E-state index in [0.29, 0.717) is 6.20 Å². The molecule has 1 aliphatic heterocycles. The summed E-state index contributed by atoms with van der Waals surface area (Å²) < 4.78 is 109. The van der Waals surface area contributed by atoms with Gasteiger partial charge in [-0.3, -0.25) is 0 Å². The van der Waals surface area contributed by atoms with Gasteiger partial charge in [0.05, 0.1) is 5.57 Å². The van der Waals surface area contributed by atoms with Crippen molar-refractivity contribution in [2.45, 2.75) is 18.5 Å². The van der Waals surface area contributed by atoms with Crippen molar-refractivity contribution in [3.63, 3.8) is 0 Å². The van der Waals surface area contributed by atoms with Gasteiger partial charge in [-0.05, 0) is 0 Å². The molecule has 0 saturated heterocycles. The Morgan fingerprint density at radius 2 is 1.18 bits per heavy atom. The molecule has 10 heteroatoms. The van der Waals surface area contributed by atoms with E-state index in [9.17, 15) is 39.5 Å². The van der Waals surface area contributed by atoms with Crippen LogP contribution in [0.5, 0.6) is 0 Å². The minimum atomic E-state index is -5.82. The topological polar surface area (TPSA) is 14.1 Å². The Morgan fingerprint density at radius 1 is 0.706 bits per heavy atom. The van der Waals surface area contributed by atoms with Gasteiger partial charge in [0.15, 0.2) is 5.70 Å². The van der Waals surface area contributed by atoms with Crippen LogP contribution in [0.3, 0.4) is 0 Å². The van der Waals surface area contributed by atoms with Crippen molar-refractivity contribution in [2.75, 3.05) is 0 Å². The SMILES string of the molecule is FC(F)(F)C1=[C][N]C(C(F)(F)F)=C1C(F)(F)F. The Kier molecular flexibility index (Phi) is 2.88. The van der Waals surface area contributed by atoms with Gasteiger partial charge in [0.1, 0.15) is 11.8 Å². The van der Waals surface area contributed by atoms with Crippen molar-refractivity contribution in [3.05, 3.63) is 23.0 Å². The lowest BCUT2D eigenvalue weighted by Crippen LogP contribution is -2.26. The predicted octanol–water partition coefficient (Wildman–Crippen LogP) is 3.23. The van der Waals surface area contributed by atoms with Gasteiger partial charge in [-0.15, -0.1) is 0 Å². The molecule has 1 heterocycles. The molecule has 0 saturated carbocycles. The molecule has 0 N–H and O–H groups in total. The third-order valence-electron chi connectivity index (χ3n) is 1.60. The average Bonchev–Trinajstić information content (AvgIpc) is 2.42. The molecule has 0 spiro atoms. The fraction of sp³-hybridized carbons (Fsp3) is 0.429. The molecule has 0 unspecified atom stereocenters. The molecule has 0 aromatic rings. The van der Waals surface area contributed by atoms with Crippen LogP contribution in [0.2, 0.25) is 0 Å². The third kappa shape index (κ3) is 2.67. The first-order chi connectivity index (χ1) is 7.35. The maximum atomic E-state index is 12.1. The average molecular weight is 269 g/mol. The number of allylic oxidation sites excluding steroid dienone is 3. The van der Waals surface area contributed by atoms with Crippen LogP contribution >= 0.6 is 0 Å². The quantitative estimate of drug-likeness (QED) is 0.599. The van der Waals surface area contributed by atoms with E-state index in [1.54, 1.807) is 0 Å². The summed E-state index contributed by atoms with van der Waals surface area (Å²) in [5, 5.41) is 2.03. The van der Waals surface area contributed by atoms with Crippen molar-refractivity contribution < 1.29 is 39.5 Å². The summed E-state index contributed by atoms with van der Waals surface area (Å²) in [6.07, 6.45) is -16.3. The van der Waals surface area contributed by atoms with Gasteiger partial charge < -0.3 is 0 Å². The predicted molar refractivity (Wildman–Crippen MR) is 34.1 cm³/mol. The molecular weight excluding hydrogens is 269 g/mol. The largest absolute Gasteiger partial charge is 0.433 e. The van der Waals surface area contributed by atoms with Gasteiger partial charge in [-0.2, -0.15) is 39.5 Å².